The summed E-state index contributed by atoms with van der Waals surface area (Å²) in [7, 11) is 3.39. The van der Waals surface area contributed by atoms with Crippen LogP contribution in [0.4, 0.5) is 0 Å². The average Bonchev–Trinajstić information content (AvgIpc) is 2.96. The van der Waals surface area contributed by atoms with Gasteiger partial charge in [0.2, 0.25) is 0 Å². The van der Waals surface area contributed by atoms with Crippen molar-refractivity contribution in [2.24, 2.45) is 0 Å². The lowest BCUT2D eigenvalue weighted by molar-refractivity contribution is 0.0787. The molecule has 0 aliphatic heterocycles. The van der Waals surface area contributed by atoms with E-state index >= 15 is 0 Å². The van der Waals surface area contributed by atoms with Gasteiger partial charge >= 0.3 is 0 Å². The van der Waals surface area contributed by atoms with Gasteiger partial charge in [0.15, 0.2) is 0 Å². The standard InChI is InChI=1S/C33H26N2O2/c1-35(22-23-15-17-25(18-16-23)24-9-4-3-5-10-24)33(36)30-20-19-29(26-11-6-7-12-27(26)30)28-13-8-14-32(37-2)31(28)21-34/h3-20H,22H2,1-2H3. The lowest BCUT2D eigenvalue weighted by Crippen LogP contribution is -2.26. The van der Waals surface area contributed by atoms with Gasteiger partial charge in [-0.15, -0.1) is 0 Å². The number of nitrogens with zero attached hydrogens (tertiary/aromatic N) is 2. The Balaban J connectivity index is 1.45. The van der Waals surface area contributed by atoms with E-state index < -0.39 is 0 Å². The van der Waals surface area contributed by atoms with E-state index in [1.54, 1.807) is 18.1 Å². The molecule has 0 atom stereocenters. The third-order valence-electron chi connectivity index (χ3n) is 6.63. The molecule has 0 saturated carbocycles. The average molecular weight is 483 g/mol. The second-order valence-corrected chi connectivity index (χ2v) is 8.93. The fourth-order valence-corrected chi connectivity index (χ4v) is 4.75. The first-order chi connectivity index (χ1) is 18.1. The Morgan fingerprint density at radius 3 is 2.14 bits per heavy atom. The summed E-state index contributed by atoms with van der Waals surface area (Å²) in [5.41, 5.74) is 6.15. The Bertz CT molecular complexity index is 1620. The predicted octanol–water partition coefficient (Wildman–Crippen LogP) is 7.33. The molecule has 180 valence electrons. The summed E-state index contributed by atoms with van der Waals surface area (Å²) < 4.78 is 5.41. The Morgan fingerprint density at radius 1 is 0.757 bits per heavy atom. The highest BCUT2D eigenvalue weighted by atomic mass is 16.5. The van der Waals surface area contributed by atoms with Crippen LogP contribution >= 0.6 is 0 Å². The van der Waals surface area contributed by atoms with Gasteiger partial charge < -0.3 is 9.64 Å². The van der Waals surface area contributed by atoms with Crippen molar-refractivity contribution in [3.05, 3.63) is 126 Å². The lowest BCUT2D eigenvalue weighted by atomic mass is 9.92. The van der Waals surface area contributed by atoms with Crippen LogP contribution in [0.15, 0.2) is 109 Å². The summed E-state index contributed by atoms with van der Waals surface area (Å²) in [6.07, 6.45) is 0. The molecule has 0 radical (unpaired) electrons. The van der Waals surface area contributed by atoms with E-state index in [0.29, 0.717) is 23.4 Å². The maximum Gasteiger partial charge on any atom is 0.254 e. The molecular weight excluding hydrogens is 456 g/mol. The van der Waals surface area contributed by atoms with Gasteiger partial charge in [0.25, 0.3) is 5.91 Å². The van der Waals surface area contributed by atoms with Crippen LogP contribution in [0.25, 0.3) is 33.0 Å². The number of methoxy groups -OCH3 is 1. The van der Waals surface area contributed by atoms with E-state index in [0.717, 1.165) is 33.0 Å². The normalized spacial score (nSPS) is 10.6. The van der Waals surface area contributed by atoms with Crippen molar-refractivity contribution in [2.45, 2.75) is 6.54 Å². The van der Waals surface area contributed by atoms with Crippen LogP contribution in [0.3, 0.4) is 0 Å². The van der Waals surface area contributed by atoms with Gasteiger partial charge in [-0.1, -0.05) is 97.1 Å². The van der Waals surface area contributed by atoms with Gasteiger partial charge in [-0.05, 0) is 45.2 Å². The van der Waals surface area contributed by atoms with Crippen LogP contribution < -0.4 is 4.74 Å². The lowest BCUT2D eigenvalue weighted by Gasteiger charge is -2.20. The molecule has 0 spiro atoms. The third kappa shape index (κ3) is 4.68. The molecule has 4 nitrogen and oxygen atoms in total. The number of ether oxygens (including phenoxy) is 1. The minimum atomic E-state index is -0.0546. The maximum absolute atomic E-state index is 13.6. The number of carbonyl (C=O) groups excluding carboxylic acids is 1. The van der Waals surface area contributed by atoms with Gasteiger partial charge in [0, 0.05) is 24.7 Å². The van der Waals surface area contributed by atoms with Crippen molar-refractivity contribution in [3.8, 4) is 34.1 Å². The van der Waals surface area contributed by atoms with Gasteiger partial charge in [-0.2, -0.15) is 5.26 Å². The molecule has 37 heavy (non-hydrogen) atoms. The number of amides is 1. The smallest absolute Gasteiger partial charge is 0.254 e. The Labute approximate surface area is 217 Å². The fourth-order valence-electron chi connectivity index (χ4n) is 4.75. The van der Waals surface area contributed by atoms with Gasteiger partial charge in [-0.25, -0.2) is 0 Å². The first-order valence-corrected chi connectivity index (χ1v) is 12.1. The summed E-state index contributed by atoms with van der Waals surface area (Å²) in [6.45, 7) is 0.498. The molecule has 5 aromatic carbocycles. The SMILES string of the molecule is COc1cccc(-c2ccc(C(=O)N(C)Cc3ccc(-c4ccccc4)cc3)c3ccccc23)c1C#N. The van der Waals surface area contributed by atoms with Crippen LogP contribution in [-0.2, 0) is 6.54 Å². The second-order valence-electron chi connectivity index (χ2n) is 8.93. The van der Waals surface area contributed by atoms with E-state index in [1.165, 1.54) is 5.56 Å². The van der Waals surface area contributed by atoms with Crippen molar-refractivity contribution in [1.29, 1.82) is 5.26 Å². The van der Waals surface area contributed by atoms with Crippen molar-refractivity contribution in [2.75, 3.05) is 14.2 Å². The van der Waals surface area contributed by atoms with Crippen LogP contribution in [0, 0.1) is 11.3 Å². The third-order valence-corrected chi connectivity index (χ3v) is 6.63. The number of carbonyl (C=O) groups is 1. The quantitative estimate of drug-likeness (QED) is 0.255. The van der Waals surface area contributed by atoms with Crippen molar-refractivity contribution in [3.63, 3.8) is 0 Å². The van der Waals surface area contributed by atoms with Crippen LogP contribution in [0.2, 0.25) is 0 Å². The molecule has 0 heterocycles. The molecule has 0 fully saturated rings. The molecule has 0 bridgehead atoms. The molecule has 1 amide bonds. The molecule has 4 heteroatoms. The van der Waals surface area contributed by atoms with Crippen LogP contribution in [0.5, 0.6) is 5.75 Å². The number of nitriles is 1. The molecule has 0 aromatic heterocycles. The fraction of sp³-hybridized carbons (Fsp3) is 0.0909. The molecule has 5 rings (SSSR count). The van der Waals surface area contributed by atoms with E-state index in [4.69, 9.17) is 4.74 Å². The molecule has 5 aromatic rings. The highest BCUT2D eigenvalue weighted by molar-refractivity contribution is 6.11. The zero-order valence-corrected chi connectivity index (χ0v) is 20.8. The number of fused-ring (bicyclic) bond motifs is 1. The number of hydrogen-bond donors (Lipinski definition) is 0. The molecule has 0 saturated heterocycles. The largest absolute Gasteiger partial charge is 0.495 e. The summed E-state index contributed by atoms with van der Waals surface area (Å²) in [5.74, 6) is 0.475. The minimum Gasteiger partial charge on any atom is -0.495 e. The number of hydrogen-bond acceptors (Lipinski definition) is 3. The molecule has 0 N–H and O–H groups in total. The van der Waals surface area contributed by atoms with Crippen molar-refractivity contribution < 1.29 is 9.53 Å². The van der Waals surface area contributed by atoms with Crippen LogP contribution in [-0.4, -0.2) is 25.0 Å². The Hall–Kier alpha value is -4.88. The van der Waals surface area contributed by atoms with Gasteiger partial charge in [0.05, 0.1) is 7.11 Å². The van der Waals surface area contributed by atoms with E-state index in [-0.39, 0.29) is 5.91 Å². The van der Waals surface area contributed by atoms with Gasteiger partial charge in [-0.3, -0.25) is 4.79 Å². The highest BCUT2D eigenvalue weighted by Gasteiger charge is 2.19. The van der Waals surface area contributed by atoms with E-state index in [1.807, 2.05) is 73.8 Å². The van der Waals surface area contributed by atoms with Gasteiger partial charge in [0.1, 0.15) is 17.4 Å². The zero-order chi connectivity index (χ0) is 25.8. The number of rotatable bonds is 6. The summed E-state index contributed by atoms with van der Waals surface area (Å²) in [6, 6.07) is 38.0. The van der Waals surface area contributed by atoms with Crippen molar-refractivity contribution in [1.82, 2.24) is 4.90 Å². The highest BCUT2D eigenvalue weighted by Crippen LogP contribution is 2.36. The molecule has 0 aliphatic rings. The summed E-state index contributed by atoms with van der Waals surface area (Å²) in [4.78, 5) is 15.3. The molecular formula is C33H26N2O2. The monoisotopic (exact) mass is 482 g/mol. The molecule has 0 unspecified atom stereocenters. The van der Waals surface area contributed by atoms with E-state index in [9.17, 15) is 10.1 Å². The Kier molecular flexibility index (Phi) is 6.70. The topological polar surface area (TPSA) is 53.3 Å². The van der Waals surface area contributed by atoms with Crippen LogP contribution in [0.1, 0.15) is 21.5 Å². The maximum atomic E-state index is 13.6. The summed E-state index contributed by atoms with van der Waals surface area (Å²) >= 11 is 0. The molecule has 0 aliphatic carbocycles. The Morgan fingerprint density at radius 2 is 1.43 bits per heavy atom. The predicted molar refractivity (Wildman–Crippen MR) is 148 cm³/mol. The summed E-state index contributed by atoms with van der Waals surface area (Å²) in [5, 5.41) is 11.6. The van der Waals surface area contributed by atoms with E-state index in [2.05, 4.69) is 42.5 Å². The zero-order valence-electron chi connectivity index (χ0n) is 20.8. The minimum absolute atomic E-state index is 0.0546. The second kappa shape index (κ2) is 10.4. The first-order valence-electron chi connectivity index (χ1n) is 12.1. The number of benzene rings is 5. The first kappa shape index (κ1) is 23.8. The van der Waals surface area contributed by atoms with Crippen molar-refractivity contribution >= 4 is 16.7 Å².